The Bertz CT molecular complexity index is 1340. The summed E-state index contributed by atoms with van der Waals surface area (Å²) in [7, 11) is 0. The van der Waals surface area contributed by atoms with E-state index in [2.05, 4.69) is 26.1 Å². The first-order valence-corrected chi connectivity index (χ1v) is 12.5. The molecule has 0 fully saturated rings. The number of rotatable bonds is 9. The number of nitro groups is 1. The normalized spacial score (nSPS) is 11.9. The van der Waals surface area contributed by atoms with Gasteiger partial charge in [0.25, 0.3) is 0 Å². The van der Waals surface area contributed by atoms with Crippen molar-refractivity contribution < 1.29 is 14.1 Å². The highest BCUT2D eigenvalue weighted by Gasteiger charge is 2.27. The number of thioether (sulfide) groups is 1. The van der Waals surface area contributed by atoms with Crippen LogP contribution in [0.25, 0.3) is 5.69 Å². The third-order valence-corrected chi connectivity index (χ3v) is 6.98. The van der Waals surface area contributed by atoms with Crippen molar-refractivity contribution in [2.45, 2.75) is 23.9 Å². The van der Waals surface area contributed by atoms with Crippen LogP contribution in [0.5, 0.6) is 5.75 Å². The summed E-state index contributed by atoms with van der Waals surface area (Å²) in [5.41, 5.74) is 2.20. The van der Waals surface area contributed by atoms with E-state index in [-0.39, 0.29) is 23.9 Å². The molecule has 1 heterocycles. The maximum Gasteiger partial charge on any atom is 0.220 e. The lowest BCUT2D eigenvalue weighted by Gasteiger charge is -2.18. The Hall–Kier alpha value is -2.95. The number of aromatic nitrogens is 3. The molecule has 0 spiro atoms. The van der Waals surface area contributed by atoms with Crippen LogP contribution in [0, 0.1) is 22.9 Å². The number of nitrogens with zero attached hydrogens (tertiary/aromatic N) is 4. The summed E-state index contributed by atoms with van der Waals surface area (Å²) in [6.45, 7) is 1.63. The van der Waals surface area contributed by atoms with E-state index in [1.807, 2.05) is 23.6 Å². The molecule has 11 heteroatoms. The minimum Gasteiger partial charge on any atom is -0.489 e. The summed E-state index contributed by atoms with van der Waals surface area (Å²) in [6.07, 6.45) is 0. The van der Waals surface area contributed by atoms with Crippen LogP contribution in [-0.2, 0) is 6.61 Å². The second-order valence-corrected chi connectivity index (χ2v) is 10.1. The van der Waals surface area contributed by atoms with Gasteiger partial charge >= 0.3 is 0 Å². The molecule has 0 amide bonds. The average Bonchev–Trinajstić information content (AvgIpc) is 3.19. The Morgan fingerprint density at radius 3 is 2.54 bits per heavy atom. The van der Waals surface area contributed by atoms with Gasteiger partial charge in [-0.2, -0.15) is 0 Å². The van der Waals surface area contributed by atoms with Gasteiger partial charge < -0.3 is 4.74 Å². The lowest BCUT2D eigenvalue weighted by Crippen LogP contribution is -2.12. The Morgan fingerprint density at radius 2 is 1.86 bits per heavy atom. The smallest absolute Gasteiger partial charge is 0.220 e. The molecule has 0 saturated heterocycles. The van der Waals surface area contributed by atoms with Crippen molar-refractivity contribution in [2.75, 3.05) is 6.54 Å². The summed E-state index contributed by atoms with van der Waals surface area (Å²) in [5, 5.41) is 20.6. The minimum absolute atomic E-state index is 0.185. The lowest BCUT2D eigenvalue weighted by molar-refractivity contribution is -0.479. The van der Waals surface area contributed by atoms with Crippen LogP contribution < -0.4 is 4.74 Å². The molecule has 0 bridgehead atoms. The molecule has 7 nitrogen and oxygen atoms in total. The van der Waals surface area contributed by atoms with E-state index in [0.29, 0.717) is 27.3 Å². The fraction of sp³-hybridized carbons (Fsp3) is 0.167. The zero-order valence-electron chi connectivity index (χ0n) is 18.4. The predicted molar refractivity (Wildman–Crippen MR) is 136 cm³/mol. The van der Waals surface area contributed by atoms with Gasteiger partial charge in [0.05, 0.1) is 0 Å². The van der Waals surface area contributed by atoms with E-state index >= 15 is 0 Å². The number of aryl methyl sites for hydroxylation is 1. The molecular weight excluding hydrogens is 559 g/mol. The molecule has 0 aliphatic carbocycles. The van der Waals surface area contributed by atoms with Crippen molar-refractivity contribution in [1.82, 2.24) is 14.8 Å². The number of hydrogen-bond donors (Lipinski definition) is 0. The van der Waals surface area contributed by atoms with Crippen LogP contribution in [0.15, 0.2) is 76.4 Å². The van der Waals surface area contributed by atoms with E-state index in [4.69, 9.17) is 16.3 Å². The van der Waals surface area contributed by atoms with Crippen molar-refractivity contribution in [3.05, 3.63) is 109 Å². The van der Waals surface area contributed by atoms with Crippen LogP contribution in [-0.4, -0.2) is 26.2 Å². The van der Waals surface area contributed by atoms with Crippen LogP contribution in [0.4, 0.5) is 4.39 Å². The number of hydrogen-bond acceptors (Lipinski definition) is 6. The highest BCUT2D eigenvalue weighted by molar-refractivity contribution is 9.10. The van der Waals surface area contributed by atoms with Crippen molar-refractivity contribution in [1.29, 1.82) is 0 Å². The largest absolute Gasteiger partial charge is 0.489 e. The monoisotopic (exact) mass is 576 g/mol. The Morgan fingerprint density at radius 1 is 1.14 bits per heavy atom. The number of ether oxygens (including phenoxy) is 1. The molecule has 4 aromatic rings. The van der Waals surface area contributed by atoms with Crippen molar-refractivity contribution in [3.8, 4) is 11.4 Å². The first kappa shape index (κ1) is 25.2. The standard InChI is InChI=1S/C24H19BrClFN4O3S/c1-15-28-29-24(31(15)20-9-5-18(26)6-10-20)35-23(13-30(32)33)21-12-17(25)4-11-22(21)34-14-16-2-7-19(27)8-3-16/h2-12,23H,13-14H2,1H3/t23-/m1/s1. The van der Waals surface area contributed by atoms with Gasteiger partial charge in [-0.15, -0.1) is 10.2 Å². The molecule has 0 saturated carbocycles. The third-order valence-electron chi connectivity index (χ3n) is 5.07. The molecule has 0 radical (unpaired) electrons. The van der Waals surface area contributed by atoms with Crippen LogP contribution in [0.3, 0.4) is 0 Å². The van der Waals surface area contributed by atoms with Crippen LogP contribution in [0.1, 0.15) is 22.2 Å². The number of halogens is 3. The van der Waals surface area contributed by atoms with E-state index in [0.717, 1.165) is 15.7 Å². The Labute approximate surface area is 218 Å². The van der Waals surface area contributed by atoms with Crippen LogP contribution >= 0.6 is 39.3 Å². The maximum absolute atomic E-state index is 13.2. The van der Waals surface area contributed by atoms with Crippen molar-refractivity contribution >= 4 is 39.3 Å². The van der Waals surface area contributed by atoms with Gasteiger partial charge in [0, 0.05) is 25.7 Å². The molecule has 0 aliphatic heterocycles. The summed E-state index contributed by atoms with van der Waals surface area (Å²) >= 11 is 10.7. The molecular formula is C24H19BrClFN4O3S. The molecule has 35 heavy (non-hydrogen) atoms. The van der Waals surface area contributed by atoms with E-state index in [9.17, 15) is 14.5 Å². The first-order valence-electron chi connectivity index (χ1n) is 10.4. The Kier molecular flexibility index (Phi) is 8.04. The van der Waals surface area contributed by atoms with Gasteiger partial charge in [-0.05, 0) is 67.1 Å². The molecule has 180 valence electrons. The third kappa shape index (κ3) is 6.39. The Balaban J connectivity index is 1.67. The van der Waals surface area contributed by atoms with Gasteiger partial charge in [-0.3, -0.25) is 14.7 Å². The minimum atomic E-state index is -0.625. The zero-order valence-corrected chi connectivity index (χ0v) is 21.6. The van der Waals surface area contributed by atoms with Crippen molar-refractivity contribution in [3.63, 3.8) is 0 Å². The predicted octanol–water partition coefficient (Wildman–Crippen LogP) is 6.82. The topological polar surface area (TPSA) is 83.1 Å². The number of benzene rings is 3. The molecule has 3 aromatic carbocycles. The van der Waals surface area contributed by atoms with Gasteiger partial charge in [0.15, 0.2) is 5.16 Å². The quantitative estimate of drug-likeness (QED) is 0.123. The van der Waals surface area contributed by atoms with E-state index in [1.54, 1.807) is 42.5 Å². The summed E-state index contributed by atoms with van der Waals surface area (Å²) in [4.78, 5) is 11.3. The van der Waals surface area contributed by atoms with Gasteiger partial charge in [-0.25, -0.2) is 4.39 Å². The van der Waals surface area contributed by atoms with E-state index < -0.39 is 5.25 Å². The average molecular weight is 578 g/mol. The zero-order chi connectivity index (χ0) is 24.9. The van der Waals surface area contributed by atoms with Gasteiger partial charge in [0.1, 0.15) is 29.2 Å². The lowest BCUT2D eigenvalue weighted by atomic mass is 10.1. The summed E-state index contributed by atoms with van der Waals surface area (Å²) in [6, 6.07) is 18.5. The fourth-order valence-corrected chi connectivity index (χ4v) is 5.11. The second-order valence-electron chi connectivity index (χ2n) is 7.56. The molecule has 1 aromatic heterocycles. The molecule has 0 aliphatic rings. The SMILES string of the molecule is Cc1nnc(S[C@H](C[N+](=O)[O-])c2cc(Br)ccc2OCc2ccc(F)cc2)n1-c1ccc(Cl)cc1. The van der Waals surface area contributed by atoms with Gasteiger partial charge in [-0.1, -0.05) is 51.4 Å². The molecule has 0 unspecified atom stereocenters. The van der Waals surface area contributed by atoms with Crippen LogP contribution in [0.2, 0.25) is 5.02 Å². The van der Waals surface area contributed by atoms with Crippen molar-refractivity contribution in [2.24, 2.45) is 0 Å². The second kappa shape index (κ2) is 11.2. The molecule has 4 rings (SSSR count). The van der Waals surface area contributed by atoms with E-state index in [1.165, 1.54) is 23.9 Å². The van der Waals surface area contributed by atoms with Gasteiger partial charge in [0.2, 0.25) is 6.54 Å². The highest BCUT2D eigenvalue weighted by Crippen LogP contribution is 2.41. The maximum atomic E-state index is 13.2. The summed E-state index contributed by atoms with van der Waals surface area (Å²) < 4.78 is 21.8. The summed E-state index contributed by atoms with van der Waals surface area (Å²) in [5.74, 6) is 0.795. The molecule has 1 atom stereocenters. The fourth-order valence-electron chi connectivity index (χ4n) is 3.41. The molecule has 0 N–H and O–H groups in total. The highest BCUT2D eigenvalue weighted by atomic mass is 79.9. The first-order chi connectivity index (χ1) is 16.8.